The van der Waals surface area contributed by atoms with Crippen molar-refractivity contribution < 1.29 is 80.2 Å². The minimum Gasteiger partial charge on any atom is -0.462 e. The van der Waals surface area contributed by atoms with Gasteiger partial charge in [-0.05, 0) is 69.1 Å². The maximum Gasteiger partial charge on any atom is 0.472 e. The van der Waals surface area contributed by atoms with Gasteiger partial charge in [0.15, 0.2) is 12.2 Å². The first-order valence-electron chi connectivity index (χ1n) is 41.2. The molecular weight excluding hydrogens is 1310 g/mol. The normalized spacial score (nSPS) is 14.4. The molecule has 0 aliphatic rings. The Kier molecular flexibility index (Phi) is 69.1. The first kappa shape index (κ1) is 97.5. The van der Waals surface area contributed by atoms with Crippen LogP contribution in [0.1, 0.15) is 395 Å². The summed E-state index contributed by atoms with van der Waals surface area (Å²) < 4.78 is 68.6. The number of esters is 4. The van der Waals surface area contributed by atoms with Crippen LogP contribution in [0.3, 0.4) is 0 Å². The smallest absolute Gasteiger partial charge is 0.462 e. The molecule has 3 N–H and O–H groups in total. The Bertz CT molecular complexity index is 2040. The van der Waals surface area contributed by atoms with E-state index in [9.17, 15) is 43.2 Å². The highest BCUT2D eigenvalue weighted by atomic mass is 31.2. The van der Waals surface area contributed by atoms with E-state index in [1.165, 1.54) is 186 Å². The molecule has 590 valence electrons. The molecule has 0 aromatic heterocycles. The van der Waals surface area contributed by atoms with E-state index < -0.39 is 97.5 Å². The summed E-state index contributed by atoms with van der Waals surface area (Å²) in [5, 5.41) is 10.6. The van der Waals surface area contributed by atoms with Gasteiger partial charge in [-0.25, -0.2) is 9.13 Å². The Morgan fingerprint density at radius 2 is 0.590 bits per heavy atom. The molecule has 0 aromatic carbocycles. The van der Waals surface area contributed by atoms with E-state index in [-0.39, 0.29) is 25.7 Å². The van der Waals surface area contributed by atoms with Gasteiger partial charge in [0.2, 0.25) is 0 Å². The molecule has 0 saturated heterocycles. The Balaban J connectivity index is 5.24. The molecule has 19 heteroatoms. The van der Waals surface area contributed by atoms with Crippen LogP contribution in [0.4, 0.5) is 0 Å². The lowest BCUT2D eigenvalue weighted by atomic mass is 9.99. The van der Waals surface area contributed by atoms with Gasteiger partial charge in [0.1, 0.15) is 19.3 Å². The third-order valence-corrected chi connectivity index (χ3v) is 20.5. The Hall–Kier alpha value is -2.46. The number of unbranched alkanes of at least 4 members (excludes halogenated alkanes) is 41. The molecule has 0 bridgehead atoms. The van der Waals surface area contributed by atoms with E-state index in [1.807, 2.05) is 0 Å². The summed E-state index contributed by atoms with van der Waals surface area (Å²) >= 11 is 0. The van der Waals surface area contributed by atoms with Crippen molar-refractivity contribution in [2.24, 2.45) is 17.8 Å². The topological polar surface area (TPSA) is 237 Å². The fraction of sp³-hybridized carbons (Fsp3) is 0.901. The van der Waals surface area contributed by atoms with Crippen molar-refractivity contribution in [3.05, 3.63) is 24.3 Å². The van der Waals surface area contributed by atoms with Crippen molar-refractivity contribution in [2.45, 2.75) is 414 Å². The molecule has 0 aliphatic heterocycles. The van der Waals surface area contributed by atoms with Crippen molar-refractivity contribution in [2.75, 3.05) is 39.6 Å². The highest BCUT2D eigenvalue weighted by Gasteiger charge is 2.30. The molecule has 0 rings (SSSR count). The van der Waals surface area contributed by atoms with Gasteiger partial charge in [-0.15, -0.1) is 0 Å². The van der Waals surface area contributed by atoms with Crippen LogP contribution in [0.2, 0.25) is 0 Å². The molecule has 0 spiro atoms. The van der Waals surface area contributed by atoms with Gasteiger partial charge in [0.05, 0.1) is 26.4 Å². The second kappa shape index (κ2) is 70.8. The summed E-state index contributed by atoms with van der Waals surface area (Å²) in [5.41, 5.74) is 0. The zero-order valence-electron chi connectivity index (χ0n) is 65.2. The molecule has 0 radical (unpaired) electrons. The van der Waals surface area contributed by atoms with Crippen LogP contribution in [-0.4, -0.2) is 96.7 Å². The third kappa shape index (κ3) is 72.5. The highest BCUT2D eigenvalue weighted by Crippen LogP contribution is 2.45. The van der Waals surface area contributed by atoms with Crippen molar-refractivity contribution in [1.82, 2.24) is 0 Å². The summed E-state index contributed by atoms with van der Waals surface area (Å²) in [6.45, 7) is 11.9. The molecule has 100 heavy (non-hydrogen) atoms. The van der Waals surface area contributed by atoms with Gasteiger partial charge in [0.25, 0.3) is 0 Å². The second-order valence-electron chi connectivity index (χ2n) is 29.7. The molecule has 0 aromatic rings. The van der Waals surface area contributed by atoms with Crippen LogP contribution in [0, 0.1) is 17.8 Å². The fourth-order valence-electron chi connectivity index (χ4n) is 11.9. The Morgan fingerprint density at radius 3 is 0.890 bits per heavy atom. The van der Waals surface area contributed by atoms with E-state index in [2.05, 4.69) is 72.8 Å². The zero-order valence-corrected chi connectivity index (χ0v) is 66.9. The predicted molar refractivity (Wildman–Crippen MR) is 409 cm³/mol. The number of phosphoric ester groups is 2. The summed E-state index contributed by atoms with van der Waals surface area (Å²) in [6, 6.07) is 0. The molecule has 0 aliphatic carbocycles. The van der Waals surface area contributed by atoms with Crippen molar-refractivity contribution in [3.63, 3.8) is 0 Å². The molecule has 0 amide bonds. The zero-order chi connectivity index (χ0) is 73.7. The first-order chi connectivity index (χ1) is 48.3. The molecule has 4 unspecified atom stereocenters. The van der Waals surface area contributed by atoms with Crippen LogP contribution in [0.15, 0.2) is 24.3 Å². The fourth-order valence-corrected chi connectivity index (χ4v) is 13.5. The monoisotopic (exact) mass is 1460 g/mol. The highest BCUT2D eigenvalue weighted by molar-refractivity contribution is 7.47. The predicted octanol–water partition coefficient (Wildman–Crippen LogP) is 23.7. The molecule has 0 saturated carbocycles. The van der Waals surface area contributed by atoms with Crippen molar-refractivity contribution >= 4 is 39.5 Å². The van der Waals surface area contributed by atoms with Gasteiger partial charge in [-0.1, -0.05) is 342 Å². The number of hydrogen-bond acceptors (Lipinski definition) is 15. The standard InChI is InChI=1S/C81H154O17P2/c1-8-10-11-12-13-14-15-16-21-25-28-35-42-50-57-64-80(85)97-76(68-91-78(83)62-55-48-41-34-31-30-33-40-47-54-61-74(7)9-2)70-95-99(87,88)93-66-75(82)67-94-100(89,90)96-71-77(69-92-79(84)63-56-49-44-37-39-46-53-60-73(5)6)98-81(86)65-58-51-43-36-29-26-23-20-18-17-19-22-24-27-32-38-45-52-59-72(3)4/h14-16,21,72-77,82H,8-13,17-20,22-71H2,1-7H3,(H,87,88)(H,89,90)/b15-14-,21-16-/t74?,75?,76-,77-/m1/s1. The average Bonchev–Trinajstić information content (AvgIpc) is 1.22. The second-order valence-corrected chi connectivity index (χ2v) is 32.6. The number of aliphatic hydroxyl groups is 1. The number of carbonyl (C=O) groups excluding carboxylic acids is 4. The number of hydrogen-bond donors (Lipinski definition) is 3. The Morgan fingerprint density at radius 1 is 0.330 bits per heavy atom. The first-order valence-corrected chi connectivity index (χ1v) is 44.2. The van der Waals surface area contributed by atoms with E-state index >= 15 is 0 Å². The molecule has 6 atom stereocenters. The number of aliphatic hydroxyl groups excluding tert-OH is 1. The van der Waals surface area contributed by atoms with Crippen LogP contribution in [0.5, 0.6) is 0 Å². The Labute approximate surface area is 612 Å². The van der Waals surface area contributed by atoms with Gasteiger partial charge >= 0.3 is 39.5 Å². The van der Waals surface area contributed by atoms with Gasteiger partial charge in [-0.2, -0.15) is 0 Å². The maximum atomic E-state index is 13.1. The van der Waals surface area contributed by atoms with Gasteiger partial charge in [0, 0.05) is 25.7 Å². The van der Waals surface area contributed by atoms with E-state index in [0.717, 1.165) is 121 Å². The van der Waals surface area contributed by atoms with E-state index in [4.69, 9.17) is 37.0 Å². The molecule has 0 fully saturated rings. The maximum absolute atomic E-state index is 13.1. The minimum absolute atomic E-state index is 0.0847. The number of carbonyl (C=O) groups is 4. The quantitative estimate of drug-likeness (QED) is 0.0169. The number of allylic oxidation sites excluding steroid dienone is 4. The van der Waals surface area contributed by atoms with Gasteiger partial charge < -0.3 is 33.8 Å². The number of ether oxygens (including phenoxy) is 4. The van der Waals surface area contributed by atoms with Crippen LogP contribution in [-0.2, 0) is 65.4 Å². The number of phosphoric acid groups is 2. The summed E-state index contributed by atoms with van der Waals surface area (Å²) in [5.74, 6) is 0.186. The summed E-state index contributed by atoms with van der Waals surface area (Å²) in [6.07, 6.45) is 61.9. The lowest BCUT2D eigenvalue weighted by Crippen LogP contribution is -2.30. The largest absolute Gasteiger partial charge is 0.472 e. The van der Waals surface area contributed by atoms with Crippen LogP contribution < -0.4 is 0 Å². The third-order valence-electron chi connectivity index (χ3n) is 18.6. The number of rotatable bonds is 77. The molecule has 0 heterocycles. The average molecular weight is 1460 g/mol. The van der Waals surface area contributed by atoms with Crippen molar-refractivity contribution in [3.8, 4) is 0 Å². The van der Waals surface area contributed by atoms with E-state index in [0.29, 0.717) is 31.6 Å². The minimum atomic E-state index is -4.97. The lowest BCUT2D eigenvalue weighted by Gasteiger charge is -2.21. The summed E-state index contributed by atoms with van der Waals surface area (Å²) in [7, 11) is -9.93. The van der Waals surface area contributed by atoms with Crippen molar-refractivity contribution in [1.29, 1.82) is 0 Å². The lowest BCUT2D eigenvalue weighted by molar-refractivity contribution is -0.161. The van der Waals surface area contributed by atoms with Crippen LogP contribution >= 0.6 is 15.6 Å². The van der Waals surface area contributed by atoms with E-state index in [1.54, 1.807) is 0 Å². The summed E-state index contributed by atoms with van der Waals surface area (Å²) in [4.78, 5) is 73.0. The van der Waals surface area contributed by atoms with Gasteiger partial charge in [-0.3, -0.25) is 37.3 Å². The molecule has 17 nitrogen and oxygen atoms in total. The SMILES string of the molecule is CCCCCC/C=C\C=C/CCCCCCCC(=O)O[C@H](COC(=O)CCCCCCCCCCCCC(C)CC)COP(=O)(O)OCC(O)COP(=O)(O)OC[C@@H](COC(=O)CCCCCCCCCC(C)C)OC(=O)CCCCCCCCCCCCCCCCCCCCC(C)C. The van der Waals surface area contributed by atoms with Crippen LogP contribution in [0.25, 0.3) is 0 Å². The molecular formula is C81H154O17P2.